The van der Waals surface area contributed by atoms with Crippen LogP contribution in [0.3, 0.4) is 0 Å². The summed E-state index contributed by atoms with van der Waals surface area (Å²) in [6, 6.07) is 13.6. The standard InChI is InChI=1S/C15H13FN2O/c1-19-15-8-11(2-3-12(15)9-17)10-18-14-6-4-13(16)5-7-14/h2-8,18H,10H2,1H3. The van der Waals surface area contributed by atoms with Gasteiger partial charge in [0.2, 0.25) is 0 Å². The number of methoxy groups -OCH3 is 1. The Morgan fingerprint density at radius 1 is 1.21 bits per heavy atom. The molecule has 2 aromatic rings. The Morgan fingerprint density at radius 2 is 1.95 bits per heavy atom. The van der Waals surface area contributed by atoms with Gasteiger partial charge in [0, 0.05) is 12.2 Å². The van der Waals surface area contributed by atoms with E-state index in [-0.39, 0.29) is 5.82 Å². The van der Waals surface area contributed by atoms with E-state index in [9.17, 15) is 4.39 Å². The van der Waals surface area contributed by atoms with E-state index >= 15 is 0 Å². The largest absolute Gasteiger partial charge is 0.495 e. The number of benzene rings is 2. The zero-order valence-corrected chi connectivity index (χ0v) is 10.5. The second-order valence-corrected chi connectivity index (χ2v) is 4.01. The summed E-state index contributed by atoms with van der Waals surface area (Å²) in [5.74, 6) is 0.298. The Kier molecular flexibility index (Phi) is 3.99. The molecule has 0 amide bonds. The molecule has 0 spiro atoms. The Morgan fingerprint density at radius 3 is 2.58 bits per heavy atom. The van der Waals surface area contributed by atoms with E-state index in [0.717, 1.165) is 11.3 Å². The highest BCUT2D eigenvalue weighted by atomic mass is 19.1. The number of hydrogen-bond acceptors (Lipinski definition) is 3. The highest BCUT2D eigenvalue weighted by Crippen LogP contribution is 2.20. The number of nitrogens with one attached hydrogen (secondary N) is 1. The van der Waals surface area contributed by atoms with Crippen LogP contribution in [0.2, 0.25) is 0 Å². The van der Waals surface area contributed by atoms with Crippen molar-refractivity contribution in [2.45, 2.75) is 6.54 Å². The predicted octanol–water partition coefficient (Wildman–Crippen LogP) is 3.32. The average molecular weight is 256 g/mol. The summed E-state index contributed by atoms with van der Waals surface area (Å²) in [6.07, 6.45) is 0. The van der Waals surface area contributed by atoms with E-state index in [2.05, 4.69) is 11.4 Å². The van der Waals surface area contributed by atoms with Crippen LogP contribution >= 0.6 is 0 Å². The van der Waals surface area contributed by atoms with Crippen molar-refractivity contribution in [3.8, 4) is 11.8 Å². The molecule has 0 unspecified atom stereocenters. The van der Waals surface area contributed by atoms with Gasteiger partial charge < -0.3 is 10.1 Å². The summed E-state index contributed by atoms with van der Waals surface area (Å²) < 4.78 is 17.9. The zero-order valence-electron chi connectivity index (χ0n) is 10.5. The molecule has 0 saturated carbocycles. The predicted molar refractivity (Wildman–Crippen MR) is 71.4 cm³/mol. The Hall–Kier alpha value is -2.54. The molecule has 0 aliphatic heterocycles. The lowest BCUT2D eigenvalue weighted by Crippen LogP contribution is -2.00. The van der Waals surface area contributed by atoms with Gasteiger partial charge in [0.25, 0.3) is 0 Å². The fourth-order valence-electron chi connectivity index (χ4n) is 1.71. The number of rotatable bonds is 4. The molecule has 1 N–H and O–H groups in total. The van der Waals surface area contributed by atoms with Crippen molar-refractivity contribution < 1.29 is 9.13 Å². The first-order chi connectivity index (χ1) is 9.22. The van der Waals surface area contributed by atoms with Gasteiger partial charge >= 0.3 is 0 Å². The number of halogens is 1. The van der Waals surface area contributed by atoms with Gasteiger partial charge in [-0.3, -0.25) is 0 Å². The van der Waals surface area contributed by atoms with Gasteiger partial charge in [-0.2, -0.15) is 5.26 Å². The maximum atomic E-state index is 12.8. The van der Waals surface area contributed by atoms with Crippen LogP contribution in [0, 0.1) is 17.1 Å². The Bertz CT molecular complexity index is 603. The molecule has 0 saturated heterocycles. The second-order valence-electron chi connectivity index (χ2n) is 4.01. The van der Waals surface area contributed by atoms with E-state index in [1.54, 1.807) is 18.2 Å². The van der Waals surface area contributed by atoms with E-state index < -0.39 is 0 Å². The number of ether oxygens (including phenoxy) is 1. The summed E-state index contributed by atoms with van der Waals surface area (Å²) in [4.78, 5) is 0. The fourth-order valence-corrected chi connectivity index (χ4v) is 1.71. The summed E-state index contributed by atoms with van der Waals surface area (Å²) in [6.45, 7) is 0.577. The third-order valence-corrected chi connectivity index (χ3v) is 2.73. The van der Waals surface area contributed by atoms with Crippen LogP contribution in [0.1, 0.15) is 11.1 Å². The lowest BCUT2D eigenvalue weighted by Gasteiger charge is -2.09. The number of nitriles is 1. The average Bonchev–Trinajstić information content (AvgIpc) is 2.46. The van der Waals surface area contributed by atoms with Gasteiger partial charge in [0.1, 0.15) is 17.6 Å². The van der Waals surface area contributed by atoms with E-state index in [0.29, 0.717) is 17.9 Å². The van der Waals surface area contributed by atoms with Crippen LogP contribution < -0.4 is 10.1 Å². The van der Waals surface area contributed by atoms with E-state index in [4.69, 9.17) is 10.00 Å². The third kappa shape index (κ3) is 3.23. The van der Waals surface area contributed by atoms with Crippen LogP contribution in [-0.2, 0) is 6.54 Å². The van der Waals surface area contributed by atoms with Crippen LogP contribution in [0.4, 0.5) is 10.1 Å². The quantitative estimate of drug-likeness (QED) is 0.912. The smallest absolute Gasteiger partial charge is 0.136 e. The molecule has 0 fully saturated rings. The number of nitrogens with zero attached hydrogens (tertiary/aromatic N) is 1. The summed E-state index contributed by atoms with van der Waals surface area (Å²) in [5, 5.41) is 12.1. The molecule has 0 radical (unpaired) electrons. The minimum absolute atomic E-state index is 0.259. The van der Waals surface area contributed by atoms with Gasteiger partial charge in [-0.25, -0.2) is 4.39 Å². The van der Waals surface area contributed by atoms with Gasteiger partial charge in [0.05, 0.1) is 12.7 Å². The summed E-state index contributed by atoms with van der Waals surface area (Å²) in [7, 11) is 1.54. The number of hydrogen-bond donors (Lipinski definition) is 1. The van der Waals surface area contributed by atoms with Crippen molar-refractivity contribution >= 4 is 5.69 Å². The van der Waals surface area contributed by atoms with Crippen LogP contribution in [-0.4, -0.2) is 7.11 Å². The van der Waals surface area contributed by atoms with Crippen molar-refractivity contribution in [3.05, 3.63) is 59.4 Å². The van der Waals surface area contributed by atoms with Crippen molar-refractivity contribution in [2.75, 3.05) is 12.4 Å². The molecule has 96 valence electrons. The highest BCUT2D eigenvalue weighted by Gasteiger charge is 2.03. The van der Waals surface area contributed by atoms with Crippen molar-refractivity contribution in [1.29, 1.82) is 5.26 Å². The molecular formula is C15H13FN2O. The first-order valence-electron chi connectivity index (χ1n) is 5.79. The maximum absolute atomic E-state index is 12.8. The molecule has 0 aliphatic rings. The first kappa shape index (κ1) is 12.9. The molecular weight excluding hydrogens is 243 g/mol. The van der Waals surface area contributed by atoms with Gasteiger partial charge in [-0.15, -0.1) is 0 Å². The van der Waals surface area contributed by atoms with Gasteiger partial charge in [0.15, 0.2) is 0 Å². The first-order valence-corrected chi connectivity index (χ1v) is 5.79. The highest BCUT2D eigenvalue weighted by molar-refractivity contribution is 5.47. The molecule has 3 nitrogen and oxygen atoms in total. The maximum Gasteiger partial charge on any atom is 0.136 e. The molecule has 0 bridgehead atoms. The monoisotopic (exact) mass is 256 g/mol. The minimum Gasteiger partial charge on any atom is -0.495 e. The minimum atomic E-state index is -0.259. The van der Waals surface area contributed by atoms with Crippen molar-refractivity contribution in [1.82, 2.24) is 0 Å². The van der Waals surface area contributed by atoms with Crippen molar-refractivity contribution in [2.24, 2.45) is 0 Å². The van der Waals surface area contributed by atoms with E-state index in [1.165, 1.54) is 19.2 Å². The molecule has 19 heavy (non-hydrogen) atoms. The lowest BCUT2D eigenvalue weighted by molar-refractivity contribution is 0.413. The summed E-state index contributed by atoms with van der Waals surface area (Å²) in [5.41, 5.74) is 2.33. The zero-order chi connectivity index (χ0) is 13.7. The molecule has 2 aromatic carbocycles. The summed E-state index contributed by atoms with van der Waals surface area (Å²) >= 11 is 0. The topological polar surface area (TPSA) is 45.0 Å². The molecule has 0 aromatic heterocycles. The lowest BCUT2D eigenvalue weighted by atomic mass is 10.1. The fraction of sp³-hybridized carbons (Fsp3) is 0.133. The number of anilines is 1. The second kappa shape index (κ2) is 5.87. The molecule has 4 heteroatoms. The third-order valence-electron chi connectivity index (χ3n) is 2.73. The van der Waals surface area contributed by atoms with Gasteiger partial charge in [-0.1, -0.05) is 6.07 Å². The van der Waals surface area contributed by atoms with Gasteiger partial charge in [-0.05, 0) is 42.0 Å². The van der Waals surface area contributed by atoms with E-state index in [1.807, 2.05) is 12.1 Å². The molecule has 0 atom stereocenters. The van der Waals surface area contributed by atoms with Crippen LogP contribution in [0.5, 0.6) is 5.75 Å². The van der Waals surface area contributed by atoms with Crippen LogP contribution in [0.25, 0.3) is 0 Å². The molecule has 2 rings (SSSR count). The Labute approximate surface area is 111 Å². The normalized spacial score (nSPS) is 9.74. The van der Waals surface area contributed by atoms with Crippen LogP contribution in [0.15, 0.2) is 42.5 Å². The molecule has 0 aliphatic carbocycles. The Balaban J connectivity index is 2.07. The van der Waals surface area contributed by atoms with Crippen molar-refractivity contribution in [3.63, 3.8) is 0 Å². The SMILES string of the molecule is COc1cc(CNc2ccc(F)cc2)ccc1C#N. The molecule has 0 heterocycles.